The molecule has 0 aliphatic carbocycles. The number of hydrogen-bond donors (Lipinski definition) is 2. The predicted molar refractivity (Wildman–Crippen MR) is 100 cm³/mol. The maximum Gasteiger partial charge on any atom is 0.222 e. The Labute approximate surface area is 147 Å². The van der Waals surface area contributed by atoms with Gasteiger partial charge in [0.2, 0.25) is 5.95 Å². The second kappa shape index (κ2) is 5.26. The van der Waals surface area contributed by atoms with Crippen molar-refractivity contribution in [1.82, 2.24) is 14.5 Å². The fraction of sp³-hybridized carbons (Fsp3) is 0.0588. The van der Waals surface area contributed by atoms with Gasteiger partial charge in [-0.05, 0) is 24.3 Å². The zero-order chi connectivity index (χ0) is 17.0. The van der Waals surface area contributed by atoms with Gasteiger partial charge in [-0.2, -0.15) is 4.98 Å². The lowest BCUT2D eigenvalue weighted by molar-refractivity contribution is 0.970. The largest absolute Gasteiger partial charge is 0.383 e. The zero-order valence-electron chi connectivity index (χ0n) is 12.7. The van der Waals surface area contributed by atoms with Gasteiger partial charge in [-0.3, -0.25) is 0 Å². The first-order valence-corrected chi connectivity index (χ1v) is 7.97. The molecule has 5 nitrogen and oxygen atoms in total. The van der Waals surface area contributed by atoms with Crippen molar-refractivity contribution in [2.24, 2.45) is 7.05 Å². The van der Waals surface area contributed by atoms with Crippen LogP contribution < -0.4 is 11.5 Å². The molecule has 0 spiro atoms. The van der Waals surface area contributed by atoms with E-state index < -0.39 is 0 Å². The zero-order valence-corrected chi connectivity index (χ0v) is 14.2. The quantitative estimate of drug-likeness (QED) is 0.533. The van der Waals surface area contributed by atoms with Crippen LogP contribution in [0.3, 0.4) is 0 Å². The topological polar surface area (TPSA) is 82.8 Å². The van der Waals surface area contributed by atoms with Crippen LogP contribution in [0, 0.1) is 0 Å². The number of halogens is 2. The van der Waals surface area contributed by atoms with E-state index in [1.165, 1.54) is 0 Å². The first-order chi connectivity index (χ1) is 11.5. The van der Waals surface area contributed by atoms with E-state index in [0.717, 1.165) is 27.4 Å². The number of rotatable bonds is 1. The molecule has 7 heteroatoms. The molecule has 0 aliphatic rings. The van der Waals surface area contributed by atoms with Crippen LogP contribution in [0.5, 0.6) is 0 Å². The summed E-state index contributed by atoms with van der Waals surface area (Å²) in [5.74, 6) is 0.505. The molecule has 2 heterocycles. The molecule has 4 rings (SSSR count). The molecule has 0 unspecified atom stereocenters. The molecule has 0 saturated heterocycles. The van der Waals surface area contributed by atoms with Crippen LogP contribution in [0.4, 0.5) is 11.8 Å². The van der Waals surface area contributed by atoms with E-state index in [4.69, 9.17) is 34.7 Å². The highest BCUT2D eigenvalue weighted by molar-refractivity contribution is 6.37. The second-order valence-electron chi connectivity index (χ2n) is 5.60. The van der Waals surface area contributed by atoms with Gasteiger partial charge in [-0.25, -0.2) is 4.98 Å². The van der Waals surface area contributed by atoms with Crippen LogP contribution in [0.1, 0.15) is 0 Å². The Hall–Kier alpha value is -2.50. The highest BCUT2D eigenvalue weighted by atomic mass is 35.5. The summed E-state index contributed by atoms with van der Waals surface area (Å²) in [4.78, 5) is 8.42. The van der Waals surface area contributed by atoms with Crippen molar-refractivity contribution in [2.75, 3.05) is 11.5 Å². The van der Waals surface area contributed by atoms with E-state index in [2.05, 4.69) is 9.97 Å². The first kappa shape index (κ1) is 15.1. The minimum absolute atomic E-state index is 0.142. The van der Waals surface area contributed by atoms with E-state index in [0.29, 0.717) is 21.4 Å². The number of hydrogen-bond acceptors (Lipinski definition) is 4. The Bertz CT molecular complexity index is 1120. The lowest BCUT2D eigenvalue weighted by Gasteiger charge is -2.12. The van der Waals surface area contributed by atoms with Crippen LogP contribution in [0.15, 0.2) is 36.5 Å². The van der Waals surface area contributed by atoms with Crippen molar-refractivity contribution in [3.8, 4) is 11.1 Å². The van der Waals surface area contributed by atoms with Gasteiger partial charge in [0.1, 0.15) is 5.82 Å². The van der Waals surface area contributed by atoms with Gasteiger partial charge in [0, 0.05) is 39.8 Å². The highest BCUT2D eigenvalue weighted by Crippen LogP contribution is 2.39. The Morgan fingerprint density at radius 1 is 1.00 bits per heavy atom. The third-order valence-corrected chi connectivity index (χ3v) is 4.63. The van der Waals surface area contributed by atoms with Crippen molar-refractivity contribution in [1.29, 1.82) is 0 Å². The standard InChI is InChI=1S/C17H13Cl2N5/c1-24-5-4-10-14-13(22-17(21)23-16(14)20)7-11(15(10)24)9-3-2-8(18)6-12(9)19/h2-7H,1H3,(H4,20,21,22,23). The molecular formula is C17H13Cl2N5. The van der Waals surface area contributed by atoms with Crippen LogP contribution in [0.25, 0.3) is 32.9 Å². The van der Waals surface area contributed by atoms with Crippen LogP contribution in [-0.2, 0) is 7.05 Å². The number of benzene rings is 2. The van der Waals surface area contributed by atoms with Crippen molar-refractivity contribution in [3.63, 3.8) is 0 Å². The number of fused-ring (bicyclic) bond motifs is 3. The molecule has 4 aromatic rings. The number of nitrogens with two attached hydrogens (primary N) is 2. The van der Waals surface area contributed by atoms with Crippen molar-refractivity contribution < 1.29 is 0 Å². The SMILES string of the molecule is Cn1ccc2c3c(N)nc(N)nc3cc(-c3ccc(Cl)cc3Cl)c21. The van der Waals surface area contributed by atoms with Gasteiger partial charge in [-0.15, -0.1) is 0 Å². The van der Waals surface area contributed by atoms with Crippen molar-refractivity contribution in [3.05, 3.63) is 46.6 Å². The summed E-state index contributed by atoms with van der Waals surface area (Å²) >= 11 is 12.4. The summed E-state index contributed by atoms with van der Waals surface area (Å²) in [5, 5.41) is 2.89. The Morgan fingerprint density at radius 3 is 2.54 bits per heavy atom. The van der Waals surface area contributed by atoms with Gasteiger partial charge in [0.15, 0.2) is 0 Å². The summed E-state index contributed by atoms with van der Waals surface area (Å²) in [5.41, 5.74) is 15.3. The number of aromatic nitrogens is 3. The molecule has 0 atom stereocenters. The first-order valence-electron chi connectivity index (χ1n) is 7.22. The van der Waals surface area contributed by atoms with E-state index in [-0.39, 0.29) is 5.95 Å². The Morgan fingerprint density at radius 2 is 1.79 bits per heavy atom. The molecule has 2 aromatic heterocycles. The van der Waals surface area contributed by atoms with Crippen LogP contribution >= 0.6 is 23.2 Å². The van der Waals surface area contributed by atoms with Crippen molar-refractivity contribution >= 4 is 56.8 Å². The second-order valence-corrected chi connectivity index (χ2v) is 6.44. The van der Waals surface area contributed by atoms with E-state index >= 15 is 0 Å². The number of nitrogen functional groups attached to an aromatic ring is 2. The van der Waals surface area contributed by atoms with E-state index in [1.807, 2.05) is 42.1 Å². The predicted octanol–water partition coefficient (Wildman–Crippen LogP) is 4.26. The molecule has 0 radical (unpaired) electrons. The summed E-state index contributed by atoms with van der Waals surface area (Å²) in [6.07, 6.45) is 1.97. The Kier molecular flexibility index (Phi) is 3.30. The van der Waals surface area contributed by atoms with Crippen LogP contribution in [0.2, 0.25) is 10.0 Å². The minimum Gasteiger partial charge on any atom is -0.383 e. The maximum absolute atomic E-state index is 6.42. The molecule has 0 saturated carbocycles. The van der Waals surface area contributed by atoms with Crippen LogP contribution in [-0.4, -0.2) is 14.5 Å². The summed E-state index contributed by atoms with van der Waals surface area (Å²) < 4.78 is 2.02. The molecular weight excluding hydrogens is 345 g/mol. The molecule has 120 valence electrons. The minimum atomic E-state index is 0.142. The fourth-order valence-electron chi connectivity index (χ4n) is 3.08. The smallest absolute Gasteiger partial charge is 0.222 e. The van der Waals surface area contributed by atoms with Gasteiger partial charge in [0.05, 0.1) is 16.4 Å². The molecule has 0 fully saturated rings. The summed E-state index contributed by atoms with van der Waals surface area (Å²) in [6, 6.07) is 9.35. The Balaban J connectivity index is 2.20. The fourth-order valence-corrected chi connectivity index (χ4v) is 3.59. The maximum atomic E-state index is 6.42. The number of aryl methyl sites for hydroxylation is 1. The third kappa shape index (κ3) is 2.17. The van der Waals surface area contributed by atoms with Gasteiger partial charge < -0.3 is 16.0 Å². The molecule has 4 N–H and O–H groups in total. The highest BCUT2D eigenvalue weighted by Gasteiger charge is 2.17. The molecule has 0 amide bonds. The van der Waals surface area contributed by atoms with Gasteiger partial charge in [-0.1, -0.05) is 29.3 Å². The third-order valence-electron chi connectivity index (χ3n) is 4.08. The normalized spacial score (nSPS) is 11.5. The van der Waals surface area contributed by atoms with Gasteiger partial charge in [0.25, 0.3) is 0 Å². The van der Waals surface area contributed by atoms with E-state index in [1.54, 1.807) is 6.07 Å². The van der Waals surface area contributed by atoms with Gasteiger partial charge >= 0.3 is 0 Å². The summed E-state index contributed by atoms with van der Waals surface area (Å²) in [6.45, 7) is 0. The average Bonchev–Trinajstić information content (AvgIpc) is 2.88. The number of nitrogens with zero attached hydrogens (tertiary/aromatic N) is 3. The molecule has 0 bridgehead atoms. The molecule has 2 aromatic carbocycles. The lowest BCUT2D eigenvalue weighted by atomic mass is 9.99. The lowest BCUT2D eigenvalue weighted by Crippen LogP contribution is -2.01. The monoisotopic (exact) mass is 357 g/mol. The number of anilines is 2. The van der Waals surface area contributed by atoms with Crippen molar-refractivity contribution in [2.45, 2.75) is 0 Å². The van der Waals surface area contributed by atoms with E-state index in [9.17, 15) is 0 Å². The molecule has 24 heavy (non-hydrogen) atoms. The average molecular weight is 358 g/mol. The molecule has 0 aliphatic heterocycles. The summed E-state index contributed by atoms with van der Waals surface area (Å²) in [7, 11) is 1.97.